The Morgan fingerprint density at radius 1 is 1.25 bits per heavy atom. The number of aryl methyl sites for hydroxylation is 2. The molecule has 0 spiro atoms. The van der Waals surface area contributed by atoms with E-state index >= 15 is 0 Å². The van der Waals surface area contributed by atoms with Crippen molar-refractivity contribution in [2.24, 2.45) is 0 Å². The Bertz CT molecular complexity index is 928. The van der Waals surface area contributed by atoms with Crippen molar-refractivity contribution < 1.29 is 9.32 Å². The van der Waals surface area contributed by atoms with Crippen LogP contribution in [0.3, 0.4) is 0 Å². The fraction of sp³-hybridized carbons (Fsp3) is 0.278. The molecule has 0 atom stereocenters. The third kappa shape index (κ3) is 2.82. The minimum absolute atomic E-state index is 0.122. The molecule has 2 aromatic heterocycles. The quantitative estimate of drug-likeness (QED) is 0.715. The molecule has 0 aliphatic carbocycles. The first kappa shape index (κ1) is 16.0. The monoisotopic (exact) mass is 324 g/mol. The van der Waals surface area contributed by atoms with Gasteiger partial charge in [-0.3, -0.25) is 4.79 Å². The number of carbonyl (C=O) groups excluding carboxylic acids is 1. The number of benzene rings is 1. The third-order valence-electron chi connectivity index (χ3n) is 3.90. The van der Waals surface area contributed by atoms with Crippen molar-refractivity contribution in [2.45, 2.75) is 33.6 Å². The van der Waals surface area contributed by atoms with Crippen molar-refractivity contribution in [1.29, 1.82) is 0 Å². The predicted octanol–water partition coefficient (Wildman–Crippen LogP) is 3.80. The van der Waals surface area contributed by atoms with E-state index in [-0.39, 0.29) is 11.8 Å². The summed E-state index contributed by atoms with van der Waals surface area (Å²) in [6.45, 7) is 7.74. The molecule has 1 aromatic carbocycles. The van der Waals surface area contributed by atoms with Gasteiger partial charge in [0.1, 0.15) is 0 Å². The summed E-state index contributed by atoms with van der Waals surface area (Å²) in [6, 6.07) is 7.17. The van der Waals surface area contributed by atoms with Crippen molar-refractivity contribution in [3.05, 3.63) is 46.8 Å². The van der Waals surface area contributed by atoms with Crippen LogP contribution in [-0.2, 0) is 0 Å². The second-order valence-corrected chi connectivity index (χ2v) is 6.24. The molecule has 0 unspecified atom stereocenters. The number of hydrogen-bond donors (Lipinski definition) is 2. The zero-order chi connectivity index (χ0) is 17.4. The first-order valence-corrected chi connectivity index (χ1v) is 7.81. The van der Waals surface area contributed by atoms with E-state index in [0.29, 0.717) is 33.7 Å². The minimum atomic E-state index is -0.232. The van der Waals surface area contributed by atoms with E-state index in [1.54, 1.807) is 18.2 Å². The lowest BCUT2D eigenvalue weighted by molar-refractivity contribution is 0.102. The maximum atomic E-state index is 12.9. The number of hydrogen-bond acceptors (Lipinski definition) is 5. The molecule has 1 amide bonds. The number of pyridine rings is 1. The van der Waals surface area contributed by atoms with Gasteiger partial charge >= 0.3 is 0 Å². The van der Waals surface area contributed by atoms with Crippen LogP contribution in [0.1, 0.15) is 47.1 Å². The Kier molecular flexibility index (Phi) is 3.97. The maximum absolute atomic E-state index is 12.9. The van der Waals surface area contributed by atoms with Gasteiger partial charge in [-0.2, -0.15) is 0 Å². The molecule has 3 aromatic rings. The molecule has 24 heavy (non-hydrogen) atoms. The van der Waals surface area contributed by atoms with Gasteiger partial charge < -0.3 is 15.6 Å². The first-order valence-electron chi connectivity index (χ1n) is 7.81. The average molecular weight is 324 g/mol. The second-order valence-electron chi connectivity index (χ2n) is 6.24. The van der Waals surface area contributed by atoms with Gasteiger partial charge in [0.25, 0.3) is 11.6 Å². The van der Waals surface area contributed by atoms with E-state index in [1.807, 2.05) is 33.8 Å². The lowest BCUT2D eigenvalue weighted by Gasteiger charge is -2.11. The Morgan fingerprint density at radius 3 is 2.71 bits per heavy atom. The highest BCUT2D eigenvalue weighted by atomic mass is 16.5. The topological polar surface area (TPSA) is 94.0 Å². The number of amides is 1. The Morgan fingerprint density at radius 2 is 2.00 bits per heavy atom. The number of rotatable bonds is 3. The van der Waals surface area contributed by atoms with Crippen LogP contribution in [0.25, 0.3) is 11.1 Å². The number of fused-ring (bicyclic) bond motifs is 1. The highest BCUT2D eigenvalue weighted by molar-refractivity contribution is 6.12. The van der Waals surface area contributed by atoms with Gasteiger partial charge in [-0.05, 0) is 43.5 Å². The van der Waals surface area contributed by atoms with Crippen LogP contribution in [0.15, 0.2) is 28.8 Å². The second kappa shape index (κ2) is 5.96. The Labute approximate surface area is 140 Å². The molecule has 0 aliphatic rings. The lowest BCUT2D eigenvalue weighted by atomic mass is 10.0. The number of aromatic nitrogens is 2. The van der Waals surface area contributed by atoms with Gasteiger partial charge in [-0.25, -0.2) is 4.98 Å². The predicted molar refractivity (Wildman–Crippen MR) is 94.2 cm³/mol. The van der Waals surface area contributed by atoms with Crippen LogP contribution < -0.4 is 11.1 Å². The highest BCUT2D eigenvalue weighted by Gasteiger charge is 2.21. The number of nitrogen functional groups attached to an aromatic ring is 1. The number of carbonyl (C=O) groups is 1. The third-order valence-corrected chi connectivity index (χ3v) is 3.90. The molecule has 0 saturated carbocycles. The molecule has 0 aliphatic heterocycles. The van der Waals surface area contributed by atoms with Gasteiger partial charge in [0.2, 0.25) is 0 Å². The number of nitrogens with two attached hydrogens (primary N) is 1. The molecule has 3 N–H and O–H groups in total. The molecule has 124 valence electrons. The Balaban J connectivity index is 2.09. The largest absolute Gasteiger partial charge is 0.399 e. The minimum Gasteiger partial charge on any atom is -0.399 e. The summed E-state index contributed by atoms with van der Waals surface area (Å²) in [4.78, 5) is 17.2. The molecular formula is C18H20N4O2. The van der Waals surface area contributed by atoms with Gasteiger partial charge in [0.05, 0.1) is 16.6 Å². The van der Waals surface area contributed by atoms with E-state index in [9.17, 15) is 4.79 Å². The van der Waals surface area contributed by atoms with Crippen LogP contribution in [0.4, 0.5) is 11.4 Å². The van der Waals surface area contributed by atoms with Crippen molar-refractivity contribution in [1.82, 2.24) is 10.1 Å². The zero-order valence-corrected chi connectivity index (χ0v) is 14.2. The van der Waals surface area contributed by atoms with Crippen LogP contribution in [0.2, 0.25) is 0 Å². The molecule has 6 heteroatoms. The van der Waals surface area contributed by atoms with E-state index in [0.717, 1.165) is 11.3 Å². The standard InChI is InChI=1S/C18H20N4O2/c1-9(2)16-15-13(7-11(4)20-18(15)24-22-16)17(23)21-14-8-12(19)6-5-10(14)3/h5-9H,19H2,1-4H3,(H,21,23). The summed E-state index contributed by atoms with van der Waals surface area (Å²) in [5, 5.41) is 7.67. The first-order chi connectivity index (χ1) is 11.4. The number of nitrogens with zero attached hydrogens (tertiary/aromatic N) is 2. The highest BCUT2D eigenvalue weighted by Crippen LogP contribution is 2.28. The molecule has 0 bridgehead atoms. The average Bonchev–Trinajstić information content (AvgIpc) is 2.93. The normalized spacial score (nSPS) is 11.2. The van der Waals surface area contributed by atoms with Gasteiger partial charge in [-0.1, -0.05) is 25.1 Å². The van der Waals surface area contributed by atoms with Crippen molar-refractivity contribution in [3.63, 3.8) is 0 Å². The lowest BCUT2D eigenvalue weighted by Crippen LogP contribution is -2.14. The summed E-state index contributed by atoms with van der Waals surface area (Å²) in [5.74, 6) is -0.110. The van der Waals surface area contributed by atoms with E-state index in [4.69, 9.17) is 10.3 Å². The fourth-order valence-corrected chi connectivity index (χ4v) is 2.63. The summed E-state index contributed by atoms with van der Waals surface area (Å²) < 4.78 is 5.31. The summed E-state index contributed by atoms with van der Waals surface area (Å²) in [6.07, 6.45) is 0. The molecule has 0 saturated heterocycles. The van der Waals surface area contributed by atoms with Crippen molar-refractivity contribution >= 4 is 28.4 Å². The molecule has 3 rings (SSSR count). The van der Waals surface area contributed by atoms with Gasteiger partial charge in [-0.15, -0.1) is 0 Å². The summed E-state index contributed by atoms with van der Waals surface area (Å²) in [5.41, 5.74) is 10.4. The number of nitrogens with one attached hydrogen (secondary N) is 1. The van der Waals surface area contributed by atoms with Gasteiger partial charge in [0.15, 0.2) is 0 Å². The van der Waals surface area contributed by atoms with E-state index in [2.05, 4.69) is 15.5 Å². The zero-order valence-electron chi connectivity index (χ0n) is 14.2. The number of anilines is 2. The van der Waals surface area contributed by atoms with Crippen LogP contribution >= 0.6 is 0 Å². The maximum Gasteiger partial charge on any atom is 0.259 e. The van der Waals surface area contributed by atoms with Crippen LogP contribution in [-0.4, -0.2) is 16.0 Å². The summed E-state index contributed by atoms with van der Waals surface area (Å²) in [7, 11) is 0. The Hall–Kier alpha value is -2.89. The van der Waals surface area contributed by atoms with Crippen LogP contribution in [0.5, 0.6) is 0 Å². The molecule has 2 heterocycles. The molecule has 0 fully saturated rings. The molecular weight excluding hydrogens is 304 g/mol. The van der Waals surface area contributed by atoms with Crippen LogP contribution in [0, 0.1) is 13.8 Å². The summed E-state index contributed by atoms with van der Waals surface area (Å²) >= 11 is 0. The fourth-order valence-electron chi connectivity index (χ4n) is 2.63. The van der Waals surface area contributed by atoms with Gasteiger partial charge in [0, 0.05) is 17.1 Å². The van der Waals surface area contributed by atoms with Crippen molar-refractivity contribution in [3.8, 4) is 0 Å². The van der Waals surface area contributed by atoms with E-state index in [1.165, 1.54) is 0 Å². The SMILES string of the molecule is Cc1cc(C(=O)Nc2cc(N)ccc2C)c2c(C(C)C)noc2n1. The smallest absolute Gasteiger partial charge is 0.259 e. The molecule has 0 radical (unpaired) electrons. The molecule has 6 nitrogen and oxygen atoms in total. The van der Waals surface area contributed by atoms with Crippen molar-refractivity contribution in [2.75, 3.05) is 11.1 Å². The van der Waals surface area contributed by atoms with E-state index < -0.39 is 0 Å².